The normalized spacial score (nSPS) is 38.5. The topological polar surface area (TPSA) is 59.7 Å². The quantitative estimate of drug-likeness (QED) is 0.868. The predicted molar refractivity (Wildman–Crippen MR) is 75.6 cm³/mol. The zero-order valence-corrected chi connectivity index (χ0v) is 12.4. The van der Waals surface area contributed by atoms with E-state index in [2.05, 4.69) is 4.74 Å². The number of carbonyl (C=O) groups excluding carboxylic acids is 1. The highest BCUT2D eigenvalue weighted by Gasteiger charge is 2.54. The zero-order chi connectivity index (χ0) is 14.6. The van der Waals surface area contributed by atoms with Crippen LogP contribution in [0, 0.1) is 23.2 Å². The minimum absolute atomic E-state index is 0.0278. The molecule has 1 aromatic rings. The van der Waals surface area contributed by atoms with Gasteiger partial charge in [0, 0.05) is 5.41 Å². The number of ether oxygens (including phenoxy) is 1. The molecule has 4 aliphatic carbocycles. The Morgan fingerprint density at radius 1 is 1.24 bits per heavy atom. The molecule has 4 heteroatoms. The minimum Gasteiger partial charge on any atom is -0.463 e. The Hall–Kier alpha value is -1.29. The van der Waals surface area contributed by atoms with Gasteiger partial charge in [-0.25, -0.2) is 4.79 Å². The summed E-state index contributed by atoms with van der Waals surface area (Å²) < 4.78 is 10.2. The fourth-order valence-corrected chi connectivity index (χ4v) is 5.52. The molecule has 4 bridgehead atoms. The van der Waals surface area contributed by atoms with Gasteiger partial charge < -0.3 is 14.3 Å². The van der Waals surface area contributed by atoms with E-state index < -0.39 is 12.1 Å². The summed E-state index contributed by atoms with van der Waals surface area (Å²) in [5.74, 6) is 2.55. The summed E-state index contributed by atoms with van der Waals surface area (Å²) in [5.41, 5.74) is -0.0278. The molecule has 0 spiro atoms. The summed E-state index contributed by atoms with van der Waals surface area (Å²) in [7, 11) is 1.33. The second-order valence-electron chi connectivity index (χ2n) is 7.38. The van der Waals surface area contributed by atoms with Gasteiger partial charge in [-0.2, -0.15) is 0 Å². The van der Waals surface area contributed by atoms with Crippen molar-refractivity contribution in [1.29, 1.82) is 0 Å². The third kappa shape index (κ3) is 2.03. The Bertz CT molecular complexity index is 524. The Morgan fingerprint density at radius 2 is 1.81 bits per heavy atom. The fourth-order valence-electron chi connectivity index (χ4n) is 5.52. The molecule has 4 saturated carbocycles. The van der Waals surface area contributed by atoms with Crippen LogP contribution in [0.1, 0.15) is 60.9 Å². The Morgan fingerprint density at radius 3 is 2.33 bits per heavy atom. The Labute approximate surface area is 124 Å². The highest BCUT2D eigenvalue weighted by atomic mass is 16.5. The van der Waals surface area contributed by atoms with Crippen molar-refractivity contribution in [2.75, 3.05) is 7.11 Å². The summed E-state index contributed by atoms with van der Waals surface area (Å²) >= 11 is 0. The number of methoxy groups -OCH3 is 1. The summed E-state index contributed by atoms with van der Waals surface area (Å²) in [6.07, 6.45) is 6.76. The number of rotatable bonds is 3. The molecular formula is C17H22O4. The van der Waals surface area contributed by atoms with E-state index in [0.29, 0.717) is 5.76 Å². The van der Waals surface area contributed by atoms with Crippen LogP contribution < -0.4 is 0 Å². The molecule has 0 saturated heterocycles. The highest BCUT2D eigenvalue weighted by molar-refractivity contribution is 5.86. The van der Waals surface area contributed by atoms with Crippen molar-refractivity contribution < 1.29 is 19.1 Å². The molecule has 4 nitrogen and oxygen atoms in total. The van der Waals surface area contributed by atoms with Crippen LogP contribution >= 0.6 is 0 Å². The van der Waals surface area contributed by atoms with Crippen LogP contribution in [0.2, 0.25) is 0 Å². The molecule has 1 unspecified atom stereocenters. The first-order chi connectivity index (χ1) is 10.1. The molecule has 0 amide bonds. The maximum Gasteiger partial charge on any atom is 0.373 e. The van der Waals surface area contributed by atoms with Crippen molar-refractivity contribution in [1.82, 2.24) is 0 Å². The van der Waals surface area contributed by atoms with Gasteiger partial charge in [-0.15, -0.1) is 0 Å². The number of aliphatic hydroxyl groups is 1. The van der Waals surface area contributed by atoms with E-state index >= 15 is 0 Å². The number of aliphatic hydroxyl groups excluding tert-OH is 1. The second kappa shape index (κ2) is 4.60. The molecule has 1 N–H and O–H groups in total. The van der Waals surface area contributed by atoms with Crippen molar-refractivity contribution in [3.8, 4) is 0 Å². The van der Waals surface area contributed by atoms with Crippen molar-refractivity contribution in [3.63, 3.8) is 0 Å². The second-order valence-corrected chi connectivity index (χ2v) is 7.38. The number of hydrogen-bond donors (Lipinski definition) is 1. The van der Waals surface area contributed by atoms with E-state index in [1.165, 1.54) is 26.4 Å². The van der Waals surface area contributed by atoms with Gasteiger partial charge in [0.25, 0.3) is 0 Å². The monoisotopic (exact) mass is 290 g/mol. The molecule has 1 aromatic heterocycles. The lowest BCUT2D eigenvalue weighted by molar-refractivity contribution is -0.128. The van der Waals surface area contributed by atoms with Gasteiger partial charge in [0.1, 0.15) is 11.9 Å². The number of carbonyl (C=O) groups is 1. The number of furan rings is 1. The molecule has 0 aliphatic heterocycles. The average Bonchev–Trinajstić information content (AvgIpc) is 2.93. The first-order valence-electron chi connectivity index (χ1n) is 7.96. The largest absolute Gasteiger partial charge is 0.463 e. The lowest BCUT2D eigenvalue weighted by Crippen LogP contribution is -2.48. The lowest BCUT2D eigenvalue weighted by Gasteiger charge is -2.58. The van der Waals surface area contributed by atoms with Crippen LogP contribution in [-0.4, -0.2) is 18.2 Å². The molecule has 1 atom stereocenters. The van der Waals surface area contributed by atoms with Crippen LogP contribution in [0.25, 0.3) is 0 Å². The van der Waals surface area contributed by atoms with Gasteiger partial charge in [0.2, 0.25) is 5.76 Å². The van der Waals surface area contributed by atoms with Crippen LogP contribution in [0.3, 0.4) is 0 Å². The van der Waals surface area contributed by atoms with Crippen molar-refractivity contribution >= 4 is 5.97 Å². The van der Waals surface area contributed by atoms with Gasteiger partial charge in [-0.05, 0) is 68.4 Å². The first kappa shape index (κ1) is 13.4. The van der Waals surface area contributed by atoms with Crippen molar-refractivity contribution in [3.05, 3.63) is 23.7 Å². The van der Waals surface area contributed by atoms with Gasteiger partial charge >= 0.3 is 5.97 Å². The van der Waals surface area contributed by atoms with Crippen LogP contribution in [0.5, 0.6) is 0 Å². The number of hydrogen-bond acceptors (Lipinski definition) is 4. The highest BCUT2D eigenvalue weighted by Crippen LogP contribution is 2.64. The number of esters is 1. The van der Waals surface area contributed by atoms with Crippen molar-refractivity contribution in [2.24, 2.45) is 23.2 Å². The predicted octanol–water partition coefficient (Wildman–Crippen LogP) is 3.32. The maximum atomic E-state index is 11.5. The molecular weight excluding hydrogens is 268 g/mol. The summed E-state index contributed by atoms with van der Waals surface area (Å²) in [4.78, 5) is 11.5. The van der Waals surface area contributed by atoms with Gasteiger partial charge in [-0.3, -0.25) is 0 Å². The lowest BCUT2D eigenvalue weighted by atomic mass is 9.48. The molecule has 0 aromatic carbocycles. The third-order valence-corrected chi connectivity index (χ3v) is 5.95. The average molecular weight is 290 g/mol. The standard InChI is InChI=1S/C17H22O4/c1-20-16(19)14-3-2-13(21-14)15(18)17-7-10-4-11(8-17)6-12(5-10)9-17/h2-3,10-12,15,18H,4-9H2,1H3. The zero-order valence-electron chi connectivity index (χ0n) is 12.4. The molecule has 114 valence electrons. The molecule has 21 heavy (non-hydrogen) atoms. The molecule has 0 radical (unpaired) electrons. The molecule has 4 fully saturated rings. The summed E-state index contributed by atoms with van der Waals surface area (Å²) in [5, 5.41) is 10.9. The van der Waals surface area contributed by atoms with E-state index in [-0.39, 0.29) is 11.2 Å². The van der Waals surface area contributed by atoms with Crippen LogP contribution in [-0.2, 0) is 4.74 Å². The van der Waals surface area contributed by atoms with Crippen LogP contribution in [0.4, 0.5) is 0 Å². The van der Waals surface area contributed by atoms with Crippen molar-refractivity contribution in [2.45, 2.75) is 44.6 Å². The summed E-state index contributed by atoms with van der Waals surface area (Å²) in [6, 6.07) is 3.33. The summed E-state index contributed by atoms with van der Waals surface area (Å²) in [6.45, 7) is 0. The van der Waals surface area contributed by atoms with Crippen LogP contribution in [0.15, 0.2) is 16.5 Å². The van der Waals surface area contributed by atoms with Gasteiger partial charge in [0.05, 0.1) is 7.11 Å². The Balaban J connectivity index is 1.61. The Kier molecular flexibility index (Phi) is 2.93. The van der Waals surface area contributed by atoms with E-state index in [9.17, 15) is 9.90 Å². The third-order valence-electron chi connectivity index (χ3n) is 5.95. The molecule has 4 aliphatic rings. The molecule has 1 heterocycles. The van der Waals surface area contributed by atoms with E-state index in [1.54, 1.807) is 12.1 Å². The SMILES string of the molecule is COC(=O)c1ccc(C(O)C23CC4CC(CC(C4)C2)C3)o1. The fraction of sp³-hybridized carbons (Fsp3) is 0.706. The minimum atomic E-state index is -0.593. The van der Waals surface area contributed by atoms with E-state index in [4.69, 9.17) is 4.42 Å². The van der Waals surface area contributed by atoms with Gasteiger partial charge in [-0.1, -0.05) is 0 Å². The van der Waals surface area contributed by atoms with Gasteiger partial charge in [0.15, 0.2) is 0 Å². The first-order valence-corrected chi connectivity index (χ1v) is 7.96. The van der Waals surface area contributed by atoms with E-state index in [1.807, 2.05) is 0 Å². The smallest absolute Gasteiger partial charge is 0.373 e. The molecule has 5 rings (SSSR count). The van der Waals surface area contributed by atoms with E-state index in [0.717, 1.165) is 37.0 Å². The maximum absolute atomic E-state index is 11.5.